The van der Waals surface area contributed by atoms with Crippen molar-refractivity contribution in [2.45, 2.75) is 19.3 Å². The van der Waals surface area contributed by atoms with Crippen LogP contribution in [-0.4, -0.2) is 32.1 Å². The van der Waals surface area contributed by atoms with Crippen molar-refractivity contribution in [3.05, 3.63) is 29.6 Å². The summed E-state index contributed by atoms with van der Waals surface area (Å²) >= 11 is 0. The number of carbonyl (C=O) groups excluding carboxylic acids is 2. The van der Waals surface area contributed by atoms with Crippen LogP contribution < -0.4 is 15.5 Å². The van der Waals surface area contributed by atoms with E-state index in [2.05, 4.69) is 15.5 Å². The topological polar surface area (TPSA) is 61.4 Å². The molecule has 1 aromatic rings. The van der Waals surface area contributed by atoms with E-state index >= 15 is 0 Å². The molecule has 5 nitrogen and oxygen atoms in total. The Labute approximate surface area is 117 Å². The highest BCUT2D eigenvalue weighted by molar-refractivity contribution is 5.94. The van der Waals surface area contributed by atoms with Crippen LogP contribution in [0.1, 0.15) is 18.4 Å². The summed E-state index contributed by atoms with van der Waals surface area (Å²) in [6.07, 6.45) is 2.02. The zero-order chi connectivity index (χ0) is 14.5. The van der Waals surface area contributed by atoms with Crippen molar-refractivity contribution in [2.75, 3.05) is 25.0 Å². The molecule has 6 heteroatoms. The van der Waals surface area contributed by atoms with Gasteiger partial charge in [0.1, 0.15) is 5.82 Å². The number of amides is 3. The molecule has 1 aliphatic heterocycles. The largest absolute Gasteiger partial charge is 0.371 e. The number of nitrogens with zero attached hydrogens (tertiary/aromatic N) is 1. The van der Waals surface area contributed by atoms with Crippen LogP contribution in [0.3, 0.4) is 0 Å². The highest BCUT2D eigenvalue weighted by Crippen LogP contribution is 2.27. The minimum absolute atomic E-state index is 0.226. The molecule has 0 saturated heterocycles. The van der Waals surface area contributed by atoms with Crippen LogP contribution in [0.25, 0.3) is 0 Å². The first kappa shape index (κ1) is 14.3. The van der Waals surface area contributed by atoms with Crippen LogP contribution in [0.2, 0.25) is 0 Å². The normalized spacial score (nSPS) is 13.6. The minimum Gasteiger partial charge on any atom is -0.371 e. The first-order valence-electron chi connectivity index (χ1n) is 6.65. The Morgan fingerprint density at radius 2 is 2.20 bits per heavy atom. The number of urea groups is 1. The van der Waals surface area contributed by atoms with Crippen LogP contribution in [0, 0.1) is 5.82 Å². The maximum absolute atomic E-state index is 13.2. The lowest BCUT2D eigenvalue weighted by molar-refractivity contribution is -0.119. The molecule has 3 amide bonds. The van der Waals surface area contributed by atoms with Crippen molar-refractivity contribution in [1.82, 2.24) is 10.6 Å². The van der Waals surface area contributed by atoms with E-state index in [1.165, 1.54) is 13.1 Å². The zero-order valence-corrected chi connectivity index (χ0v) is 11.4. The van der Waals surface area contributed by atoms with Crippen LogP contribution in [0.15, 0.2) is 18.2 Å². The number of carbonyl (C=O) groups is 2. The third-order valence-electron chi connectivity index (χ3n) is 3.35. The predicted octanol–water partition coefficient (Wildman–Crippen LogP) is 1.42. The molecular formula is C14H18FN3O2. The van der Waals surface area contributed by atoms with Gasteiger partial charge in [0.15, 0.2) is 0 Å². The molecule has 0 fully saturated rings. The molecule has 0 bridgehead atoms. The van der Waals surface area contributed by atoms with Crippen molar-refractivity contribution in [3.8, 4) is 0 Å². The summed E-state index contributed by atoms with van der Waals surface area (Å²) in [5, 5.41) is 4.56. The molecule has 0 atom stereocenters. The molecule has 1 aromatic carbocycles. The van der Waals surface area contributed by atoms with E-state index in [0.717, 1.165) is 30.6 Å². The highest BCUT2D eigenvalue weighted by Gasteiger charge is 2.18. The highest BCUT2D eigenvalue weighted by atomic mass is 19.1. The number of hydrogen-bond acceptors (Lipinski definition) is 3. The van der Waals surface area contributed by atoms with Crippen molar-refractivity contribution < 1.29 is 14.0 Å². The molecule has 20 heavy (non-hydrogen) atoms. The number of halogens is 1. The van der Waals surface area contributed by atoms with E-state index in [4.69, 9.17) is 0 Å². The van der Waals surface area contributed by atoms with Gasteiger partial charge >= 0.3 is 6.03 Å². The van der Waals surface area contributed by atoms with Crippen molar-refractivity contribution >= 4 is 17.6 Å². The molecule has 0 aliphatic carbocycles. The Morgan fingerprint density at radius 1 is 1.40 bits per heavy atom. The lowest BCUT2D eigenvalue weighted by atomic mass is 10.0. The van der Waals surface area contributed by atoms with Gasteiger partial charge in [-0.3, -0.25) is 10.1 Å². The summed E-state index contributed by atoms with van der Waals surface area (Å²) in [6, 6.07) is 4.23. The molecule has 0 aromatic heterocycles. The number of nitrogens with one attached hydrogen (secondary N) is 2. The van der Waals surface area contributed by atoms with Gasteiger partial charge in [-0.1, -0.05) is 0 Å². The van der Waals surface area contributed by atoms with E-state index in [-0.39, 0.29) is 18.1 Å². The van der Waals surface area contributed by atoms with E-state index in [9.17, 15) is 14.0 Å². The van der Waals surface area contributed by atoms with Gasteiger partial charge in [-0.2, -0.15) is 0 Å². The molecule has 0 saturated carbocycles. The van der Waals surface area contributed by atoms with Gasteiger partial charge in [0.2, 0.25) is 5.91 Å². The zero-order valence-electron chi connectivity index (χ0n) is 11.4. The van der Waals surface area contributed by atoms with Crippen molar-refractivity contribution in [1.29, 1.82) is 0 Å². The number of imide groups is 1. The first-order valence-corrected chi connectivity index (χ1v) is 6.65. The average molecular weight is 279 g/mol. The van der Waals surface area contributed by atoms with Gasteiger partial charge in [0, 0.05) is 32.2 Å². The van der Waals surface area contributed by atoms with Gasteiger partial charge in [-0.15, -0.1) is 0 Å². The quantitative estimate of drug-likeness (QED) is 0.879. The second-order valence-electron chi connectivity index (χ2n) is 4.74. The fourth-order valence-electron chi connectivity index (χ4n) is 2.36. The molecule has 0 spiro atoms. The predicted molar refractivity (Wildman–Crippen MR) is 74.1 cm³/mol. The third-order valence-corrected chi connectivity index (χ3v) is 3.35. The minimum atomic E-state index is -0.504. The van der Waals surface area contributed by atoms with Crippen LogP contribution in [0.5, 0.6) is 0 Å². The second kappa shape index (κ2) is 6.36. The van der Waals surface area contributed by atoms with Gasteiger partial charge in [-0.25, -0.2) is 9.18 Å². The van der Waals surface area contributed by atoms with Gasteiger partial charge < -0.3 is 10.2 Å². The SMILES string of the molecule is CNC(=O)NC(=O)CCN1CCCc2cc(F)ccc21. The van der Waals surface area contributed by atoms with Crippen molar-refractivity contribution in [3.63, 3.8) is 0 Å². The number of benzene rings is 1. The molecule has 0 radical (unpaired) electrons. The lowest BCUT2D eigenvalue weighted by Gasteiger charge is -2.31. The average Bonchev–Trinajstić information content (AvgIpc) is 2.44. The summed E-state index contributed by atoms with van der Waals surface area (Å²) in [7, 11) is 1.46. The molecule has 1 aliphatic rings. The number of anilines is 1. The molecular weight excluding hydrogens is 261 g/mol. The Kier molecular flexibility index (Phi) is 4.55. The Morgan fingerprint density at radius 3 is 2.95 bits per heavy atom. The van der Waals surface area contributed by atoms with E-state index < -0.39 is 6.03 Å². The fraction of sp³-hybridized carbons (Fsp3) is 0.429. The number of fused-ring (bicyclic) bond motifs is 1. The third kappa shape index (κ3) is 3.46. The van der Waals surface area contributed by atoms with E-state index in [1.54, 1.807) is 12.1 Å². The van der Waals surface area contributed by atoms with Crippen molar-refractivity contribution in [2.24, 2.45) is 0 Å². The molecule has 2 rings (SSSR count). The Bertz CT molecular complexity index is 519. The second-order valence-corrected chi connectivity index (χ2v) is 4.74. The van der Waals surface area contributed by atoms with E-state index in [0.29, 0.717) is 6.54 Å². The summed E-state index contributed by atoms with van der Waals surface area (Å²) in [5.41, 5.74) is 1.95. The first-order chi connectivity index (χ1) is 9.60. The standard InChI is InChI=1S/C14H18FN3O2/c1-16-14(20)17-13(19)6-8-18-7-2-3-10-9-11(15)4-5-12(10)18/h4-5,9H,2-3,6-8H2,1H3,(H2,16,17,19,20). The maximum Gasteiger partial charge on any atom is 0.321 e. The summed E-state index contributed by atoms with van der Waals surface area (Å²) < 4.78 is 13.2. The van der Waals surface area contributed by atoms with Gasteiger partial charge in [-0.05, 0) is 36.6 Å². The van der Waals surface area contributed by atoms with Gasteiger partial charge in [0.05, 0.1) is 0 Å². The summed E-state index contributed by atoms with van der Waals surface area (Å²) in [5.74, 6) is -0.554. The number of rotatable bonds is 3. The smallest absolute Gasteiger partial charge is 0.321 e. The maximum atomic E-state index is 13.2. The molecule has 0 unspecified atom stereocenters. The van der Waals surface area contributed by atoms with Crippen LogP contribution >= 0.6 is 0 Å². The van der Waals surface area contributed by atoms with Gasteiger partial charge in [0.25, 0.3) is 0 Å². The van der Waals surface area contributed by atoms with E-state index in [1.807, 2.05) is 0 Å². The molecule has 2 N–H and O–H groups in total. The number of aryl methyl sites for hydroxylation is 1. The van der Waals surface area contributed by atoms with Crippen LogP contribution in [-0.2, 0) is 11.2 Å². The monoisotopic (exact) mass is 279 g/mol. The summed E-state index contributed by atoms with van der Waals surface area (Å²) in [4.78, 5) is 24.6. The molecule has 1 heterocycles. The Hall–Kier alpha value is -2.11. The molecule has 108 valence electrons. The van der Waals surface area contributed by atoms with Crippen LogP contribution in [0.4, 0.5) is 14.9 Å². The summed E-state index contributed by atoms with van der Waals surface area (Å²) in [6.45, 7) is 1.35. The fourth-order valence-corrected chi connectivity index (χ4v) is 2.36. The number of hydrogen-bond donors (Lipinski definition) is 2. The lowest BCUT2D eigenvalue weighted by Crippen LogP contribution is -2.39. The Balaban J connectivity index is 1.95.